The predicted molar refractivity (Wildman–Crippen MR) is 94.7 cm³/mol. The van der Waals surface area contributed by atoms with E-state index in [9.17, 15) is 14.7 Å². The zero-order chi connectivity index (χ0) is 18.8. The Labute approximate surface area is 150 Å². The van der Waals surface area contributed by atoms with Gasteiger partial charge in [0, 0.05) is 5.69 Å². The molecule has 1 heterocycles. The van der Waals surface area contributed by atoms with Crippen LogP contribution in [-0.4, -0.2) is 37.2 Å². The lowest BCUT2D eigenvalue weighted by molar-refractivity contribution is -0.146. The summed E-state index contributed by atoms with van der Waals surface area (Å²) < 4.78 is 1.54. The quantitative estimate of drug-likeness (QED) is 0.815. The lowest BCUT2D eigenvalue weighted by Crippen LogP contribution is -2.36. The van der Waals surface area contributed by atoms with Crippen LogP contribution in [0.25, 0.3) is 5.69 Å². The van der Waals surface area contributed by atoms with E-state index < -0.39 is 17.8 Å². The molecule has 0 radical (unpaired) electrons. The molecule has 1 aliphatic carbocycles. The van der Waals surface area contributed by atoms with Crippen LogP contribution in [0.5, 0.6) is 0 Å². The molecule has 2 aromatic rings. The molecule has 136 valence electrons. The summed E-state index contributed by atoms with van der Waals surface area (Å²) in [6.07, 6.45) is 2.38. The fraction of sp³-hybridized carbons (Fsp3) is 0.389. The topological polar surface area (TPSA) is 110 Å². The number of nitrogens with one attached hydrogen (secondary N) is 1. The molecule has 2 N–H and O–H groups in total. The van der Waals surface area contributed by atoms with Gasteiger partial charge in [0.15, 0.2) is 0 Å². The summed E-state index contributed by atoms with van der Waals surface area (Å²) in [5.74, 6) is -2.46. The summed E-state index contributed by atoms with van der Waals surface area (Å²) in [5.41, 5.74) is 4.47. The van der Waals surface area contributed by atoms with Crippen LogP contribution in [0.15, 0.2) is 35.7 Å². The number of hydrogen-bond donors (Lipinski definition) is 2. The fourth-order valence-electron chi connectivity index (χ4n) is 3.32. The van der Waals surface area contributed by atoms with E-state index in [4.69, 9.17) is 0 Å². The number of carboxylic acid groups (broad SMARTS) is 1. The van der Waals surface area contributed by atoms with Crippen LogP contribution < -0.4 is 5.32 Å². The summed E-state index contributed by atoms with van der Waals surface area (Å²) in [6, 6.07) is 5.39. The summed E-state index contributed by atoms with van der Waals surface area (Å²) in [5, 5.41) is 23.4. The van der Waals surface area contributed by atoms with Crippen molar-refractivity contribution in [3.05, 3.63) is 41.2 Å². The lowest BCUT2D eigenvalue weighted by atomic mass is 9.76. The van der Waals surface area contributed by atoms with Gasteiger partial charge in [-0.3, -0.25) is 9.59 Å². The van der Waals surface area contributed by atoms with Crippen molar-refractivity contribution in [3.8, 4) is 5.69 Å². The first kappa shape index (κ1) is 17.8. The number of nitrogens with zero attached hydrogens (tertiary/aromatic N) is 4. The van der Waals surface area contributed by atoms with Gasteiger partial charge in [0.05, 0.1) is 17.5 Å². The van der Waals surface area contributed by atoms with Crippen LogP contribution in [0.1, 0.15) is 32.3 Å². The van der Waals surface area contributed by atoms with Gasteiger partial charge in [0.2, 0.25) is 5.91 Å². The van der Waals surface area contributed by atoms with Crippen molar-refractivity contribution < 1.29 is 14.7 Å². The average Bonchev–Trinajstić information content (AvgIpc) is 3.11. The van der Waals surface area contributed by atoms with Crippen LogP contribution in [0.4, 0.5) is 5.69 Å². The number of aromatic nitrogens is 4. The number of aryl methyl sites for hydroxylation is 1. The molecule has 1 aromatic heterocycles. The number of anilines is 1. The minimum absolute atomic E-state index is 0.265. The molecule has 0 aliphatic heterocycles. The summed E-state index contributed by atoms with van der Waals surface area (Å²) in [6.45, 7) is 5.78. The standard InChI is InChI=1S/C18H21N5O3/c1-10-7-14(15(18(25)26)8-11(10)2)17(24)20-13-4-5-16(12(3)6-13)23-9-19-21-22-23/h4-6,9,14-15H,7-8H2,1-3H3,(H,20,24)(H,25,26)/t14-,15+/m0/s1. The van der Waals surface area contributed by atoms with Gasteiger partial charge in [-0.25, -0.2) is 4.68 Å². The molecule has 26 heavy (non-hydrogen) atoms. The molecule has 1 amide bonds. The molecule has 3 rings (SSSR count). The number of aliphatic carboxylic acids is 1. The zero-order valence-electron chi connectivity index (χ0n) is 14.9. The Morgan fingerprint density at radius 1 is 1.15 bits per heavy atom. The van der Waals surface area contributed by atoms with E-state index in [1.54, 1.807) is 10.7 Å². The molecule has 0 fully saturated rings. The van der Waals surface area contributed by atoms with Crippen LogP contribution in [0, 0.1) is 18.8 Å². The maximum absolute atomic E-state index is 12.7. The molecule has 8 nitrogen and oxygen atoms in total. The second-order valence-electron chi connectivity index (χ2n) is 6.77. The number of carboxylic acids is 1. The van der Waals surface area contributed by atoms with Gasteiger partial charge in [0.25, 0.3) is 0 Å². The highest BCUT2D eigenvalue weighted by molar-refractivity contribution is 5.95. The van der Waals surface area contributed by atoms with E-state index >= 15 is 0 Å². The van der Waals surface area contributed by atoms with E-state index in [-0.39, 0.29) is 5.91 Å². The number of rotatable bonds is 4. The molecule has 0 unspecified atom stereocenters. The number of amides is 1. The Kier molecular flexibility index (Phi) is 4.83. The SMILES string of the molecule is CC1=C(C)C[C@@H](C(=O)O)[C@@H](C(=O)Nc2ccc(-n3cnnn3)c(C)c2)C1. The second kappa shape index (κ2) is 7.07. The van der Waals surface area contributed by atoms with Crippen molar-refractivity contribution in [1.82, 2.24) is 20.2 Å². The van der Waals surface area contributed by atoms with Crippen molar-refractivity contribution in [2.45, 2.75) is 33.6 Å². The summed E-state index contributed by atoms with van der Waals surface area (Å²) >= 11 is 0. The van der Waals surface area contributed by atoms with Crippen LogP contribution in [-0.2, 0) is 9.59 Å². The van der Waals surface area contributed by atoms with Gasteiger partial charge in [-0.2, -0.15) is 0 Å². The largest absolute Gasteiger partial charge is 0.481 e. The first-order valence-corrected chi connectivity index (χ1v) is 8.39. The van der Waals surface area contributed by atoms with Gasteiger partial charge < -0.3 is 10.4 Å². The molecule has 0 saturated heterocycles. The highest BCUT2D eigenvalue weighted by Gasteiger charge is 2.37. The van der Waals surface area contributed by atoms with Crippen LogP contribution >= 0.6 is 0 Å². The monoisotopic (exact) mass is 355 g/mol. The number of hydrogen-bond acceptors (Lipinski definition) is 5. The maximum Gasteiger partial charge on any atom is 0.307 e. The molecule has 0 saturated carbocycles. The number of carbonyl (C=O) groups is 2. The van der Waals surface area contributed by atoms with E-state index in [1.807, 2.05) is 32.9 Å². The van der Waals surface area contributed by atoms with Gasteiger partial charge >= 0.3 is 5.97 Å². The normalized spacial score (nSPS) is 20.1. The molecule has 1 aliphatic rings. The smallest absolute Gasteiger partial charge is 0.307 e. The zero-order valence-corrected chi connectivity index (χ0v) is 14.9. The van der Waals surface area contributed by atoms with Crippen molar-refractivity contribution in [1.29, 1.82) is 0 Å². The number of allylic oxidation sites excluding steroid dienone is 2. The van der Waals surface area contributed by atoms with E-state index in [0.717, 1.165) is 22.4 Å². The first-order valence-electron chi connectivity index (χ1n) is 8.39. The number of carbonyl (C=O) groups excluding carboxylic acids is 1. The minimum atomic E-state index is -0.929. The fourth-order valence-corrected chi connectivity index (χ4v) is 3.32. The summed E-state index contributed by atoms with van der Waals surface area (Å²) in [4.78, 5) is 24.3. The number of benzene rings is 1. The van der Waals surface area contributed by atoms with E-state index in [0.29, 0.717) is 18.5 Å². The van der Waals surface area contributed by atoms with Gasteiger partial charge in [-0.05, 0) is 67.8 Å². The Hall–Kier alpha value is -3.03. The second-order valence-corrected chi connectivity index (χ2v) is 6.77. The number of tetrazole rings is 1. The third-order valence-electron chi connectivity index (χ3n) is 4.98. The van der Waals surface area contributed by atoms with Gasteiger partial charge in [-0.15, -0.1) is 5.10 Å². The molecule has 0 spiro atoms. The molecule has 1 aromatic carbocycles. The van der Waals surface area contributed by atoms with Crippen molar-refractivity contribution in [2.24, 2.45) is 11.8 Å². The van der Waals surface area contributed by atoms with E-state index in [1.165, 1.54) is 6.33 Å². The predicted octanol–water partition coefficient (Wildman–Crippen LogP) is 2.36. The Morgan fingerprint density at radius 2 is 1.85 bits per heavy atom. The van der Waals surface area contributed by atoms with Crippen LogP contribution in [0.2, 0.25) is 0 Å². The lowest BCUT2D eigenvalue weighted by Gasteiger charge is -2.29. The highest BCUT2D eigenvalue weighted by Crippen LogP contribution is 2.35. The van der Waals surface area contributed by atoms with Gasteiger partial charge in [0.1, 0.15) is 6.33 Å². The third-order valence-corrected chi connectivity index (χ3v) is 4.98. The molecule has 8 heteroatoms. The maximum atomic E-state index is 12.7. The molecular formula is C18H21N5O3. The van der Waals surface area contributed by atoms with Crippen LogP contribution in [0.3, 0.4) is 0 Å². The molecular weight excluding hydrogens is 334 g/mol. The molecule has 2 atom stereocenters. The first-order chi connectivity index (χ1) is 12.4. The Morgan fingerprint density at radius 3 is 2.42 bits per heavy atom. The Balaban J connectivity index is 1.79. The van der Waals surface area contributed by atoms with Crippen molar-refractivity contribution in [3.63, 3.8) is 0 Å². The minimum Gasteiger partial charge on any atom is -0.481 e. The molecule has 0 bridgehead atoms. The van der Waals surface area contributed by atoms with Crippen molar-refractivity contribution in [2.75, 3.05) is 5.32 Å². The Bertz CT molecular complexity index is 873. The van der Waals surface area contributed by atoms with Crippen molar-refractivity contribution >= 4 is 17.6 Å². The average molecular weight is 355 g/mol. The summed E-state index contributed by atoms with van der Waals surface area (Å²) in [7, 11) is 0. The highest BCUT2D eigenvalue weighted by atomic mass is 16.4. The van der Waals surface area contributed by atoms with E-state index in [2.05, 4.69) is 20.8 Å². The third kappa shape index (κ3) is 3.49. The van der Waals surface area contributed by atoms with Gasteiger partial charge in [-0.1, -0.05) is 11.1 Å².